The highest BCUT2D eigenvalue weighted by molar-refractivity contribution is 6.09. The van der Waals surface area contributed by atoms with Crippen molar-refractivity contribution in [3.05, 3.63) is 41.1 Å². The fourth-order valence-corrected chi connectivity index (χ4v) is 3.09. The third-order valence-corrected chi connectivity index (χ3v) is 4.11. The normalized spacial score (nSPS) is 20.5. The molecule has 4 N–H and O–H groups in total. The first-order valence-corrected chi connectivity index (χ1v) is 6.97. The van der Waals surface area contributed by atoms with E-state index in [1.54, 1.807) is 38.2 Å². The van der Waals surface area contributed by atoms with Crippen LogP contribution in [0.3, 0.4) is 0 Å². The third-order valence-electron chi connectivity index (χ3n) is 4.11. The first-order valence-electron chi connectivity index (χ1n) is 6.97. The summed E-state index contributed by atoms with van der Waals surface area (Å²) in [6, 6.07) is 7.05. The summed E-state index contributed by atoms with van der Waals surface area (Å²) in [5, 5.41) is 24.5. The molecule has 0 saturated carbocycles. The van der Waals surface area contributed by atoms with E-state index in [1.165, 1.54) is 9.58 Å². The molecule has 0 aliphatic carbocycles. The number of aromatic nitrogens is 2. The number of hydrogen-bond acceptors (Lipinski definition) is 5. The molecule has 1 aromatic heterocycles. The number of para-hydroxylation sites is 1. The SMILES string of the molecule is Cc1nn(CCO)c(N)c1C1(O)C(=O)N(C)c2ccccc21. The van der Waals surface area contributed by atoms with Gasteiger partial charge in [-0.2, -0.15) is 5.10 Å². The maximum Gasteiger partial charge on any atom is 0.268 e. The number of aliphatic hydroxyl groups is 2. The Morgan fingerprint density at radius 1 is 1.36 bits per heavy atom. The number of aryl methyl sites for hydroxylation is 1. The van der Waals surface area contributed by atoms with Crippen molar-refractivity contribution in [2.45, 2.75) is 19.1 Å². The Morgan fingerprint density at radius 2 is 2.05 bits per heavy atom. The van der Waals surface area contributed by atoms with Gasteiger partial charge in [0.05, 0.1) is 30.1 Å². The lowest BCUT2D eigenvalue weighted by Crippen LogP contribution is -2.40. The predicted octanol–water partition coefficient (Wildman–Crippen LogP) is -0.0217. The first-order chi connectivity index (χ1) is 10.4. The number of nitrogens with zero attached hydrogens (tertiary/aromatic N) is 3. The molecule has 116 valence electrons. The van der Waals surface area contributed by atoms with E-state index in [4.69, 9.17) is 10.8 Å². The van der Waals surface area contributed by atoms with Gasteiger partial charge in [0, 0.05) is 12.6 Å². The summed E-state index contributed by atoms with van der Waals surface area (Å²) >= 11 is 0. The predicted molar refractivity (Wildman–Crippen MR) is 81.3 cm³/mol. The molecule has 3 rings (SSSR count). The second-order valence-electron chi connectivity index (χ2n) is 5.38. The van der Waals surface area contributed by atoms with Gasteiger partial charge in [0.2, 0.25) is 5.60 Å². The minimum Gasteiger partial charge on any atom is -0.394 e. The zero-order valence-corrected chi connectivity index (χ0v) is 12.4. The fourth-order valence-electron chi connectivity index (χ4n) is 3.09. The summed E-state index contributed by atoms with van der Waals surface area (Å²) in [7, 11) is 1.61. The second-order valence-corrected chi connectivity index (χ2v) is 5.38. The molecule has 1 aromatic carbocycles. The number of hydrogen-bond donors (Lipinski definition) is 3. The Kier molecular flexibility index (Phi) is 3.19. The fraction of sp³-hybridized carbons (Fsp3) is 0.333. The van der Waals surface area contributed by atoms with Gasteiger partial charge in [0.25, 0.3) is 5.91 Å². The summed E-state index contributed by atoms with van der Waals surface area (Å²) in [6.07, 6.45) is 0. The monoisotopic (exact) mass is 302 g/mol. The number of benzene rings is 1. The van der Waals surface area contributed by atoms with Crippen molar-refractivity contribution in [3.63, 3.8) is 0 Å². The highest BCUT2D eigenvalue weighted by atomic mass is 16.3. The van der Waals surface area contributed by atoms with Crippen molar-refractivity contribution < 1.29 is 15.0 Å². The van der Waals surface area contributed by atoms with Gasteiger partial charge in [-0.25, -0.2) is 4.68 Å². The van der Waals surface area contributed by atoms with Crippen LogP contribution in [0.1, 0.15) is 16.8 Å². The van der Waals surface area contributed by atoms with Crippen molar-refractivity contribution in [1.29, 1.82) is 0 Å². The molecule has 22 heavy (non-hydrogen) atoms. The average Bonchev–Trinajstić information content (AvgIpc) is 2.89. The quantitative estimate of drug-likeness (QED) is 0.739. The molecule has 0 spiro atoms. The number of likely N-dealkylation sites (N-methyl/N-ethyl adjacent to an activating group) is 1. The van der Waals surface area contributed by atoms with Crippen LogP contribution in [-0.2, 0) is 16.9 Å². The van der Waals surface area contributed by atoms with Crippen LogP contribution in [0.4, 0.5) is 11.5 Å². The van der Waals surface area contributed by atoms with Gasteiger partial charge in [-0.05, 0) is 13.0 Å². The van der Waals surface area contributed by atoms with Crippen molar-refractivity contribution in [2.24, 2.45) is 0 Å². The molecule has 0 fully saturated rings. The molecule has 2 aromatic rings. The largest absolute Gasteiger partial charge is 0.394 e. The van der Waals surface area contributed by atoms with E-state index in [9.17, 15) is 9.90 Å². The van der Waals surface area contributed by atoms with Crippen LogP contribution in [0.25, 0.3) is 0 Å². The minimum absolute atomic E-state index is 0.131. The van der Waals surface area contributed by atoms with Crippen molar-refractivity contribution in [2.75, 3.05) is 24.3 Å². The molecular formula is C15H18N4O3. The number of carbonyl (C=O) groups excluding carboxylic acids is 1. The maximum atomic E-state index is 12.7. The molecular weight excluding hydrogens is 284 g/mol. The highest BCUT2D eigenvalue weighted by Gasteiger charge is 2.52. The maximum absolute atomic E-state index is 12.7. The van der Waals surface area contributed by atoms with E-state index in [1.807, 2.05) is 0 Å². The average molecular weight is 302 g/mol. The summed E-state index contributed by atoms with van der Waals surface area (Å²) in [5.41, 5.74) is 6.10. The Morgan fingerprint density at radius 3 is 2.73 bits per heavy atom. The second kappa shape index (κ2) is 4.82. The number of rotatable bonds is 3. The van der Waals surface area contributed by atoms with Crippen LogP contribution in [-0.4, -0.2) is 39.6 Å². The Bertz CT molecular complexity index is 755. The zero-order valence-electron chi connectivity index (χ0n) is 12.4. The Hall–Kier alpha value is -2.38. The van der Waals surface area contributed by atoms with Gasteiger partial charge in [-0.3, -0.25) is 4.79 Å². The zero-order chi connectivity index (χ0) is 16.1. The van der Waals surface area contributed by atoms with Gasteiger partial charge in [-0.1, -0.05) is 18.2 Å². The van der Waals surface area contributed by atoms with Gasteiger partial charge in [0.15, 0.2) is 0 Å². The molecule has 2 heterocycles. The molecule has 1 aliphatic rings. The number of aliphatic hydroxyl groups excluding tert-OH is 1. The van der Waals surface area contributed by atoms with E-state index in [0.29, 0.717) is 16.9 Å². The minimum atomic E-state index is -1.85. The standard InChI is InChI=1S/C15H18N4O3/c1-9-12(13(16)19(17-9)7-8-20)15(22)10-5-3-4-6-11(10)18(2)14(15)21/h3-6,20,22H,7-8,16H2,1-2H3. The van der Waals surface area contributed by atoms with Crippen molar-refractivity contribution >= 4 is 17.4 Å². The molecule has 1 amide bonds. The summed E-state index contributed by atoms with van der Waals surface area (Å²) in [4.78, 5) is 14.1. The highest BCUT2D eigenvalue weighted by Crippen LogP contribution is 2.46. The van der Waals surface area contributed by atoms with Gasteiger partial charge < -0.3 is 20.8 Å². The Labute approximate surface area is 127 Å². The Balaban J connectivity index is 2.26. The molecule has 1 aliphatic heterocycles. The van der Waals surface area contributed by atoms with Gasteiger partial charge >= 0.3 is 0 Å². The van der Waals surface area contributed by atoms with Gasteiger partial charge in [0.1, 0.15) is 5.82 Å². The summed E-state index contributed by atoms with van der Waals surface area (Å²) in [5.74, 6) is -0.278. The third kappa shape index (κ3) is 1.69. The molecule has 0 bridgehead atoms. The lowest BCUT2D eigenvalue weighted by Gasteiger charge is -2.22. The van der Waals surface area contributed by atoms with Crippen LogP contribution in [0, 0.1) is 6.92 Å². The number of amides is 1. The van der Waals surface area contributed by atoms with Crippen LogP contribution < -0.4 is 10.6 Å². The van der Waals surface area contributed by atoms with E-state index in [2.05, 4.69) is 5.10 Å². The lowest BCUT2D eigenvalue weighted by molar-refractivity contribution is -0.131. The molecule has 7 nitrogen and oxygen atoms in total. The first kappa shape index (κ1) is 14.6. The smallest absolute Gasteiger partial charge is 0.268 e. The summed E-state index contributed by atoms with van der Waals surface area (Å²) in [6.45, 7) is 1.76. The number of nitrogens with two attached hydrogens (primary N) is 1. The lowest BCUT2D eigenvalue weighted by atomic mass is 9.87. The van der Waals surface area contributed by atoms with Crippen molar-refractivity contribution in [3.8, 4) is 0 Å². The van der Waals surface area contributed by atoms with Crippen LogP contribution >= 0.6 is 0 Å². The van der Waals surface area contributed by atoms with Crippen LogP contribution in [0.5, 0.6) is 0 Å². The number of nitrogen functional groups attached to an aromatic ring is 1. The van der Waals surface area contributed by atoms with E-state index < -0.39 is 11.5 Å². The molecule has 7 heteroatoms. The number of fused-ring (bicyclic) bond motifs is 1. The van der Waals surface area contributed by atoms with E-state index >= 15 is 0 Å². The summed E-state index contributed by atoms with van der Waals surface area (Å²) < 4.78 is 1.40. The van der Waals surface area contributed by atoms with E-state index in [0.717, 1.165) is 0 Å². The van der Waals surface area contributed by atoms with Crippen LogP contribution in [0.2, 0.25) is 0 Å². The van der Waals surface area contributed by atoms with E-state index in [-0.39, 0.29) is 24.5 Å². The number of carbonyl (C=O) groups is 1. The van der Waals surface area contributed by atoms with Crippen molar-refractivity contribution in [1.82, 2.24) is 9.78 Å². The molecule has 1 atom stereocenters. The van der Waals surface area contributed by atoms with Gasteiger partial charge in [-0.15, -0.1) is 0 Å². The molecule has 0 saturated heterocycles. The topological polar surface area (TPSA) is 105 Å². The number of anilines is 2. The van der Waals surface area contributed by atoms with Crippen LogP contribution in [0.15, 0.2) is 24.3 Å². The molecule has 0 radical (unpaired) electrons. The molecule has 1 unspecified atom stereocenters.